The molecule has 0 aliphatic heterocycles. The molecule has 0 aliphatic rings. The molecule has 1 aromatic carbocycles. The monoisotopic (exact) mass is 326 g/mol. The van der Waals surface area contributed by atoms with E-state index in [9.17, 15) is 22.0 Å². The van der Waals surface area contributed by atoms with E-state index in [0.717, 1.165) is 10.6 Å². The van der Waals surface area contributed by atoms with E-state index < -0.39 is 24.7 Å². The molecule has 0 saturated carbocycles. The van der Waals surface area contributed by atoms with Gasteiger partial charge < -0.3 is 4.57 Å². The van der Waals surface area contributed by atoms with E-state index >= 15 is 0 Å². The van der Waals surface area contributed by atoms with E-state index in [1.165, 1.54) is 13.0 Å². The first-order chi connectivity index (χ1) is 9.76. The van der Waals surface area contributed by atoms with E-state index in [4.69, 9.17) is 11.6 Å². The van der Waals surface area contributed by atoms with E-state index in [-0.39, 0.29) is 34.7 Å². The van der Waals surface area contributed by atoms with Crippen LogP contribution in [0.5, 0.6) is 0 Å². The SMILES string of the molecule is Cc1cc2c(cc1F)nc(CCCl)n2CC(F)(F)C(F)F. The van der Waals surface area contributed by atoms with Gasteiger partial charge in [-0.15, -0.1) is 11.6 Å². The zero-order valence-corrected chi connectivity index (χ0v) is 11.8. The molecule has 0 atom stereocenters. The van der Waals surface area contributed by atoms with Crippen LogP contribution in [0.1, 0.15) is 11.4 Å². The number of hydrogen-bond acceptors (Lipinski definition) is 1. The van der Waals surface area contributed by atoms with Crippen LogP contribution in [0.3, 0.4) is 0 Å². The summed E-state index contributed by atoms with van der Waals surface area (Å²) in [7, 11) is 0. The third-order valence-corrected chi connectivity index (χ3v) is 3.30. The van der Waals surface area contributed by atoms with Gasteiger partial charge in [0, 0.05) is 18.4 Å². The van der Waals surface area contributed by atoms with E-state index in [2.05, 4.69) is 4.98 Å². The van der Waals surface area contributed by atoms with Gasteiger partial charge in [0.05, 0.1) is 17.6 Å². The highest BCUT2D eigenvalue weighted by molar-refractivity contribution is 6.17. The Morgan fingerprint density at radius 2 is 2.00 bits per heavy atom. The number of hydrogen-bond donors (Lipinski definition) is 0. The number of rotatable bonds is 5. The van der Waals surface area contributed by atoms with Crippen LogP contribution in [0.4, 0.5) is 22.0 Å². The Bertz CT molecular complexity index is 654. The fourth-order valence-electron chi connectivity index (χ4n) is 2.03. The molecule has 0 N–H and O–H groups in total. The van der Waals surface area contributed by atoms with Crippen LogP contribution in [0, 0.1) is 12.7 Å². The summed E-state index contributed by atoms with van der Waals surface area (Å²) in [6, 6.07) is 2.41. The predicted octanol–water partition coefficient (Wildman–Crippen LogP) is 4.17. The van der Waals surface area contributed by atoms with Crippen LogP contribution in [-0.4, -0.2) is 27.8 Å². The summed E-state index contributed by atoms with van der Waals surface area (Å²) in [5, 5.41) is 0. The molecule has 0 unspecified atom stereocenters. The lowest BCUT2D eigenvalue weighted by molar-refractivity contribution is -0.137. The molecular formula is C13H12ClF5N2. The topological polar surface area (TPSA) is 17.8 Å². The summed E-state index contributed by atoms with van der Waals surface area (Å²) in [6.45, 7) is 0.233. The van der Waals surface area contributed by atoms with Gasteiger partial charge in [0.1, 0.15) is 11.6 Å². The van der Waals surface area contributed by atoms with Crippen molar-refractivity contribution in [3.8, 4) is 0 Å². The minimum atomic E-state index is -4.20. The number of halogens is 6. The average Bonchev–Trinajstić information content (AvgIpc) is 2.68. The summed E-state index contributed by atoms with van der Waals surface area (Å²) in [4.78, 5) is 4.01. The Kier molecular flexibility index (Phi) is 4.41. The summed E-state index contributed by atoms with van der Waals surface area (Å²) < 4.78 is 65.9. The molecule has 0 spiro atoms. The number of aromatic nitrogens is 2. The highest BCUT2D eigenvalue weighted by Crippen LogP contribution is 2.29. The Hall–Kier alpha value is -1.37. The van der Waals surface area contributed by atoms with Crippen molar-refractivity contribution in [1.29, 1.82) is 0 Å². The van der Waals surface area contributed by atoms with Crippen LogP contribution >= 0.6 is 11.6 Å². The first kappa shape index (κ1) is 16.0. The molecule has 2 aromatic rings. The van der Waals surface area contributed by atoms with Gasteiger partial charge in [0.2, 0.25) is 0 Å². The Morgan fingerprint density at radius 3 is 2.57 bits per heavy atom. The van der Waals surface area contributed by atoms with Crippen molar-refractivity contribution in [2.24, 2.45) is 0 Å². The van der Waals surface area contributed by atoms with Crippen molar-refractivity contribution < 1.29 is 22.0 Å². The number of imidazole rings is 1. The van der Waals surface area contributed by atoms with Crippen LogP contribution in [0.2, 0.25) is 0 Å². The van der Waals surface area contributed by atoms with Crippen molar-refractivity contribution in [2.75, 3.05) is 5.88 Å². The van der Waals surface area contributed by atoms with Crippen LogP contribution < -0.4 is 0 Å². The maximum absolute atomic E-state index is 13.5. The van der Waals surface area contributed by atoms with E-state index in [1.807, 2.05) is 0 Å². The molecule has 1 aromatic heterocycles. The van der Waals surface area contributed by atoms with Crippen LogP contribution in [0.25, 0.3) is 11.0 Å². The van der Waals surface area contributed by atoms with Gasteiger partial charge in [-0.2, -0.15) is 8.78 Å². The second-order valence-electron chi connectivity index (χ2n) is 4.70. The first-order valence-electron chi connectivity index (χ1n) is 6.13. The number of nitrogens with zero attached hydrogens (tertiary/aromatic N) is 2. The first-order valence-corrected chi connectivity index (χ1v) is 6.67. The maximum atomic E-state index is 13.5. The third-order valence-electron chi connectivity index (χ3n) is 3.11. The lowest BCUT2D eigenvalue weighted by atomic mass is 10.2. The maximum Gasteiger partial charge on any atom is 0.324 e. The van der Waals surface area contributed by atoms with Crippen molar-refractivity contribution >= 4 is 22.6 Å². The summed E-state index contributed by atoms with van der Waals surface area (Å²) in [6.07, 6.45) is -3.67. The zero-order valence-electron chi connectivity index (χ0n) is 11.0. The number of fused-ring (bicyclic) bond motifs is 1. The predicted molar refractivity (Wildman–Crippen MR) is 69.8 cm³/mol. The molecule has 0 amide bonds. The second kappa shape index (κ2) is 5.79. The average molecular weight is 327 g/mol. The zero-order chi connectivity index (χ0) is 15.8. The fourth-order valence-corrected chi connectivity index (χ4v) is 2.20. The van der Waals surface area contributed by atoms with Gasteiger partial charge in [0.15, 0.2) is 0 Å². The van der Waals surface area contributed by atoms with Crippen molar-refractivity contribution in [1.82, 2.24) is 9.55 Å². The summed E-state index contributed by atoms with van der Waals surface area (Å²) in [5.41, 5.74) is 0.555. The molecule has 0 aliphatic carbocycles. The van der Waals surface area contributed by atoms with Crippen LogP contribution in [0.15, 0.2) is 12.1 Å². The van der Waals surface area contributed by atoms with Crippen LogP contribution in [-0.2, 0) is 13.0 Å². The minimum absolute atomic E-state index is 0.0883. The molecule has 0 radical (unpaired) electrons. The lowest BCUT2D eigenvalue weighted by Gasteiger charge is -2.18. The summed E-state index contributed by atoms with van der Waals surface area (Å²) >= 11 is 5.57. The molecular weight excluding hydrogens is 315 g/mol. The van der Waals surface area contributed by atoms with E-state index in [1.54, 1.807) is 0 Å². The van der Waals surface area contributed by atoms with Crippen molar-refractivity contribution in [3.05, 3.63) is 29.3 Å². The fraction of sp³-hybridized carbons (Fsp3) is 0.462. The molecule has 8 heteroatoms. The highest BCUT2D eigenvalue weighted by Gasteiger charge is 2.41. The molecule has 2 rings (SSSR count). The Morgan fingerprint density at radius 1 is 1.33 bits per heavy atom. The lowest BCUT2D eigenvalue weighted by Crippen LogP contribution is -2.32. The largest absolute Gasteiger partial charge is 0.324 e. The molecule has 0 fully saturated rings. The van der Waals surface area contributed by atoms with Gasteiger partial charge >= 0.3 is 12.3 Å². The van der Waals surface area contributed by atoms with Gasteiger partial charge in [-0.25, -0.2) is 18.2 Å². The Labute approximate surface area is 122 Å². The quantitative estimate of drug-likeness (QED) is 0.596. The van der Waals surface area contributed by atoms with Gasteiger partial charge in [-0.3, -0.25) is 0 Å². The van der Waals surface area contributed by atoms with Gasteiger partial charge in [-0.1, -0.05) is 0 Å². The molecule has 0 bridgehead atoms. The number of alkyl halides is 5. The molecule has 1 heterocycles. The highest BCUT2D eigenvalue weighted by atomic mass is 35.5. The summed E-state index contributed by atoms with van der Waals surface area (Å²) in [5.74, 6) is -4.52. The van der Waals surface area contributed by atoms with Crippen molar-refractivity contribution in [3.63, 3.8) is 0 Å². The molecule has 2 nitrogen and oxygen atoms in total. The molecule has 0 saturated heterocycles. The molecule has 21 heavy (non-hydrogen) atoms. The van der Waals surface area contributed by atoms with Gasteiger partial charge in [0.25, 0.3) is 0 Å². The number of aryl methyl sites for hydroxylation is 2. The minimum Gasteiger partial charge on any atom is -0.322 e. The number of benzene rings is 1. The second-order valence-corrected chi connectivity index (χ2v) is 5.08. The van der Waals surface area contributed by atoms with Gasteiger partial charge in [-0.05, 0) is 18.6 Å². The Balaban J connectivity index is 2.58. The smallest absolute Gasteiger partial charge is 0.322 e. The normalized spacial score (nSPS) is 12.6. The van der Waals surface area contributed by atoms with E-state index in [0.29, 0.717) is 0 Å². The molecule has 116 valence electrons. The standard InChI is InChI=1S/C13H12ClF5N2/c1-7-4-10-9(5-8(7)15)20-11(2-3-14)21(10)6-13(18,19)12(16)17/h4-5,12H,2-3,6H2,1H3. The van der Waals surface area contributed by atoms with Crippen molar-refractivity contribution in [2.45, 2.75) is 32.2 Å². The third kappa shape index (κ3) is 3.12.